The lowest BCUT2D eigenvalue weighted by Gasteiger charge is -2.33. The van der Waals surface area contributed by atoms with Crippen LogP contribution in [0.4, 0.5) is 0 Å². The van der Waals surface area contributed by atoms with Crippen LogP contribution in [0, 0.1) is 5.92 Å². The standard InChI is InChI=1S/C68H94N14O15S2/c69-30-9-8-16-48-61(90)72-32-10-2-5-18-56(85)74-52(36-43-37-73-47-15-7-6-14-46(43)47)65(94)76-49(27-28-58(87)88)62(91)79-53(60(71)89)38-98-99-39-54(80-64(93)50(34-40-19-23-44(83)24-20-40)77-67(96)55-17-11-33-82(55)57(86)29-31-70)66(95)81-59(42-12-3-1-4-13-42)68(97)78-51(63(92)75-48)35-41-21-25-45(84)26-22-41/h6-7,14-15,19-26,37,42,48-55,59,73,83-84H,1-5,8-13,16-18,27-36,38-39,69-70H2,(H2,71,89)(H,72,90)(H,74,85)(H,75,92)(H,76,94)(H,77,96)(H,78,97)(H,79,91)(H,80,93)(H,81,95)(H,87,88)/t48-,49-,50-,51-,52-,53-,54-,55-,59-/m0/s1. The second-order valence-electron chi connectivity index (χ2n) is 25.3. The number of H-pyrrole nitrogens is 1. The van der Waals surface area contributed by atoms with Crippen molar-refractivity contribution in [2.45, 2.75) is 183 Å². The Hall–Kier alpha value is -8.94. The van der Waals surface area contributed by atoms with Crippen molar-refractivity contribution in [3.8, 4) is 11.5 Å². The maximum atomic E-state index is 15.3. The van der Waals surface area contributed by atoms with E-state index in [0.717, 1.165) is 38.9 Å². The molecule has 3 heterocycles. The molecule has 99 heavy (non-hydrogen) atoms. The largest absolute Gasteiger partial charge is 0.508 e. The molecule has 2 aliphatic heterocycles. The number of primary amides is 1. The number of nitrogens with two attached hydrogens (primary N) is 3. The van der Waals surface area contributed by atoms with Gasteiger partial charge in [0.1, 0.15) is 65.9 Å². The summed E-state index contributed by atoms with van der Waals surface area (Å²) < 4.78 is 0. The molecular formula is C68H94N14O15S2. The molecule has 538 valence electrons. The number of fused-ring (bicyclic) bond motifs is 1. The Morgan fingerprint density at radius 1 is 0.616 bits per heavy atom. The molecule has 3 aliphatic rings. The first-order chi connectivity index (χ1) is 47.6. The molecule has 7 rings (SSSR count). The smallest absolute Gasteiger partial charge is 0.303 e. The molecule has 31 heteroatoms. The number of aromatic hydroxyl groups is 2. The normalized spacial score (nSPS) is 23.2. The van der Waals surface area contributed by atoms with Crippen LogP contribution in [0.2, 0.25) is 0 Å². The van der Waals surface area contributed by atoms with Crippen molar-refractivity contribution in [1.29, 1.82) is 0 Å². The van der Waals surface area contributed by atoms with Crippen molar-refractivity contribution in [3.05, 3.63) is 95.7 Å². The van der Waals surface area contributed by atoms with E-state index in [9.17, 15) is 58.5 Å². The van der Waals surface area contributed by atoms with E-state index in [-0.39, 0.29) is 93.5 Å². The number of phenolic OH excluding ortho intramolecular Hbond substituents is 2. The Balaban J connectivity index is 1.24. The number of carbonyl (C=O) groups excluding carboxylic acids is 11. The van der Waals surface area contributed by atoms with Gasteiger partial charge in [0.15, 0.2) is 0 Å². The van der Waals surface area contributed by atoms with E-state index in [0.29, 0.717) is 87.4 Å². The number of aromatic amines is 1. The lowest BCUT2D eigenvalue weighted by molar-refractivity contribution is -0.139. The molecule has 29 nitrogen and oxygen atoms in total. The van der Waals surface area contributed by atoms with Gasteiger partial charge in [-0.2, -0.15) is 0 Å². The SMILES string of the molecule is NCCCC[C@@H]1NC(=O)[C@H](Cc2ccc(O)cc2)NC(=O)[C@H](C2CCCCC2)NC(=O)[C@@H](NC(=O)[C@H](Cc2ccc(O)cc2)NC(=O)[C@@H]2CCCN2C(=O)CCN)CSSC[C@@H](C(N)=O)NC(=O)[C@H](CCC(=O)O)NC(=O)[C@H](Cc2c[nH]c3ccccc23)NC(=O)CCCCCNC1=O. The van der Waals surface area contributed by atoms with Crippen molar-refractivity contribution in [3.63, 3.8) is 0 Å². The predicted octanol–water partition coefficient (Wildman–Crippen LogP) is 0.956. The minimum Gasteiger partial charge on any atom is -0.508 e. The molecule has 1 aliphatic carbocycles. The Morgan fingerprint density at radius 2 is 1.25 bits per heavy atom. The number of aromatic nitrogens is 1. The highest BCUT2D eigenvalue weighted by Gasteiger charge is 2.40. The zero-order chi connectivity index (χ0) is 71.4. The van der Waals surface area contributed by atoms with E-state index in [4.69, 9.17) is 17.2 Å². The molecule has 1 saturated carbocycles. The van der Waals surface area contributed by atoms with E-state index in [1.807, 2.05) is 18.2 Å². The van der Waals surface area contributed by atoms with Crippen LogP contribution in [0.3, 0.4) is 0 Å². The highest BCUT2D eigenvalue weighted by Crippen LogP contribution is 2.29. The van der Waals surface area contributed by atoms with Gasteiger partial charge in [-0.25, -0.2) is 0 Å². The highest BCUT2D eigenvalue weighted by molar-refractivity contribution is 8.76. The van der Waals surface area contributed by atoms with E-state index in [2.05, 4.69) is 52.8 Å². The molecule has 2 saturated heterocycles. The number of para-hydroxylation sites is 1. The number of nitrogens with one attached hydrogen (secondary N) is 10. The summed E-state index contributed by atoms with van der Waals surface area (Å²) in [6.07, 6.45) is 6.23. The summed E-state index contributed by atoms with van der Waals surface area (Å²) in [5.41, 5.74) is 19.8. The predicted molar refractivity (Wildman–Crippen MR) is 371 cm³/mol. The fourth-order valence-electron chi connectivity index (χ4n) is 12.3. The number of phenols is 2. The molecule has 9 atom stereocenters. The van der Waals surface area contributed by atoms with Crippen molar-refractivity contribution >= 4 is 103 Å². The van der Waals surface area contributed by atoms with Gasteiger partial charge in [-0.15, -0.1) is 0 Å². The van der Waals surface area contributed by atoms with Crippen LogP contribution in [0.5, 0.6) is 11.5 Å². The van der Waals surface area contributed by atoms with Gasteiger partial charge in [-0.3, -0.25) is 57.5 Å². The minimum atomic E-state index is -1.58. The van der Waals surface area contributed by atoms with Crippen molar-refractivity contribution in [1.82, 2.24) is 57.7 Å². The maximum absolute atomic E-state index is 15.3. The van der Waals surface area contributed by atoms with Gasteiger partial charge in [0.25, 0.3) is 0 Å². The number of aliphatic carboxylic acids is 1. The second-order valence-corrected chi connectivity index (χ2v) is 27.8. The summed E-state index contributed by atoms with van der Waals surface area (Å²) in [6, 6.07) is 6.85. The fourth-order valence-corrected chi connectivity index (χ4v) is 14.7. The Morgan fingerprint density at radius 3 is 1.93 bits per heavy atom. The number of likely N-dealkylation sites (tertiary alicyclic amines) is 1. The number of unbranched alkanes of at least 4 members (excludes halogenated alkanes) is 1. The molecule has 0 bridgehead atoms. The number of rotatable bonds is 21. The number of hydrogen-bond donors (Lipinski definition) is 16. The first-order valence-electron chi connectivity index (χ1n) is 33.9. The molecule has 3 aromatic carbocycles. The monoisotopic (exact) mass is 1410 g/mol. The third-order valence-corrected chi connectivity index (χ3v) is 20.2. The molecule has 0 radical (unpaired) electrons. The van der Waals surface area contributed by atoms with E-state index < -0.39 is 138 Å². The quantitative estimate of drug-likeness (QED) is 0.0408. The van der Waals surface area contributed by atoms with Crippen LogP contribution in [-0.4, -0.2) is 188 Å². The summed E-state index contributed by atoms with van der Waals surface area (Å²) >= 11 is 0. The van der Waals surface area contributed by atoms with Crippen LogP contribution in [0.25, 0.3) is 10.9 Å². The van der Waals surface area contributed by atoms with Crippen LogP contribution >= 0.6 is 21.6 Å². The van der Waals surface area contributed by atoms with Crippen molar-refractivity contribution in [2.24, 2.45) is 23.1 Å². The number of carbonyl (C=O) groups is 12. The van der Waals surface area contributed by atoms with E-state index >= 15 is 14.4 Å². The topological polar surface area (TPSA) is 471 Å². The third kappa shape index (κ3) is 24.5. The average molecular weight is 1410 g/mol. The van der Waals surface area contributed by atoms with E-state index in [1.54, 1.807) is 24.4 Å². The summed E-state index contributed by atoms with van der Waals surface area (Å²) in [7, 11) is 1.86. The maximum Gasteiger partial charge on any atom is 0.303 e. The molecule has 0 unspecified atom stereocenters. The third-order valence-electron chi connectivity index (χ3n) is 17.8. The van der Waals surface area contributed by atoms with Crippen LogP contribution in [-0.2, 0) is 76.8 Å². The van der Waals surface area contributed by atoms with Gasteiger partial charge in [0.05, 0.1) is 0 Å². The van der Waals surface area contributed by atoms with Crippen LogP contribution in [0.15, 0.2) is 79.0 Å². The van der Waals surface area contributed by atoms with Gasteiger partial charge in [0, 0.05) is 86.8 Å². The van der Waals surface area contributed by atoms with Gasteiger partial charge >= 0.3 is 5.97 Å². The van der Waals surface area contributed by atoms with Crippen LogP contribution in [0.1, 0.15) is 126 Å². The molecule has 11 amide bonds. The zero-order valence-electron chi connectivity index (χ0n) is 55.4. The highest BCUT2D eigenvalue weighted by atomic mass is 33.1. The Kier molecular flexibility index (Phi) is 31.0. The molecule has 4 aromatic rings. The average Bonchev–Trinajstić information content (AvgIpc) is 1.75. The summed E-state index contributed by atoms with van der Waals surface area (Å²) in [4.78, 5) is 174. The number of benzene rings is 3. The summed E-state index contributed by atoms with van der Waals surface area (Å²) in [5, 5.41) is 55.9. The zero-order valence-corrected chi connectivity index (χ0v) is 57.0. The Bertz CT molecular complexity index is 3430. The molecule has 3 fully saturated rings. The summed E-state index contributed by atoms with van der Waals surface area (Å²) in [5.74, 6) is -10.8. The lowest BCUT2D eigenvalue weighted by atomic mass is 9.83. The molecule has 0 spiro atoms. The first kappa shape index (κ1) is 77.4. The molecule has 19 N–H and O–H groups in total. The van der Waals surface area contributed by atoms with Gasteiger partial charge in [0.2, 0.25) is 65.0 Å². The summed E-state index contributed by atoms with van der Waals surface area (Å²) in [6.45, 7) is 0.736. The van der Waals surface area contributed by atoms with Crippen molar-refractivity contribution < 1.29 is 72.9 Å². The molecular weight excluding hydrogens is 1320 g/mol. The Labute approximate surface area is 582 Å². The number of nitrogens with zero attached hydrogens (tertiary/aromatic N) is 1. The number of carboxylic acid groups (broad SMARTS) is 1. The minimum absolute atomic E-state index is 0.0251. The first-order valence-corrected chi connectivity index (χ1v) is 36.4. The second kappa shape index (κ2) is 39.6. The van der Waals surface area contributed by atoms with E-state index in [1.165, 1.54) is 41.3 Å². The van der Waals surface area contributed by atoms with Crippen LogP contribution < -0.4 is 65.1 Å². The van der Waals surface area contributed by atoms with Gasteiger partial charge in [-0.05, 0) is 124 Å². The van der Waals surface area contributed by atoms with Gasteiger partial charge in [-0.1, -0.05) is 89.7 Å². The number of hydrogen-bond acceptors (Lipinski definition) is 18. The van der Waals surface area contributed by atoms with Crippen molar-refractivity contribution in [2.75, 3.05) is 37.7 Å². The van der Waals surface area contributed by atoms with Gasteiger partial charge < -0.3 is 90.3 Å². The lowest BCUT2D eigenvalue weighted by Crippen LogP contribution is -2.62. The number of carboxylic acids is 1. The molecule has 1 aromatic heterocycles. The number of amides is 11. The fraction of sp³-hybridized carbons (Fsp3) is 0.529.